The van der Waals surface area contributed by atoms with Gasteiger partial charge in [0.25, 0.3) is 0 Å². The van der Waals surface area contributed by atoms with Crippen molar-refractivity contribution in [3.05, 3.63) is 29.8 Å². The number of nitrogens with one attached hydrogen (secondary N) is 2. The minimum atomic E-state index is -1.39. The Kier molecular flexibility index (Phi) is 8.34. The van der Waals surface area contributed by atoms with E-state index in [0.29, 0.717) is 5.56 Å². The number of benzene rings is 1. The molecule has 0 saturated heterocycles. The highest BCUT2D eigenvalue weighted by molar-refractivity contribution is 5.90. The Morgan fingerprint density at radius 1 is 1.00 bits per heavy atom. The molecule has 0 heterocycles. The minimum Gasteiger partial charge on any atom is -0.508 e. The summed E-state index contributed by atoms with van der Waals surface area (Å²) < 4.78 is 0. The summed E-state index contributed by atoms with van der Waals surface area (Å²) in [6.45, 7) is 6.91. The summed E-state index contributed by atoms with van der Waals surface area (Å²) in [5.41, 5.74) is 16.8. The molecule has 2 atom stereocenters. The molecule has 2 unspecified atom stereocenters. The Balaban J connectivity index is 3.08. The lowest BCUT2D eigenvalue weighted by atomic mass is 9.81. The third kappa shape index (κ3) is 7.97. The standard InChI is InChI=1S/C20H33N5O5/c1-19(2,22)18(20(3,4)23)25-16(28)14(9-11-5-7-12(26)8-6-11)24-15(27)10-13(21)17(29)30/h5-8,13-14,18,26H,9-10,21-23H2,1-4H3,(H,24,27)(H,25,28)(H,29,30). The lowest BCUT2D eigenvalue weighted by molar-refractivity contribution is -0.140. The third-order valence-electron chi connectivity index (χ3n) is 4.53. The van der Waals surface area contributed by atoms with Crippen molar-refractivity contribution in [1.29, 1.82) is 0 Å². The highest BCUT2D eigenvalue weighted by Gasteiger charge is 2.38. The van der Waals surface area contributed by atoms with Crippen molar-refractivity contribution in [1.82, 2.24) is 10.6 Å². The van der Waals surface area contributed by atoms with Crippen molar-refractivity contribution in [3.8, 4) is 5.75 Å². The number of aromatic hydroxyl groups is 1. The van der Waals surface area contributed by atoms with Gasteiger partial charge in [-0.15, -0.1) is 0 Å². The zero-order valence-electron chi connectivity index (χ0n) is 17.8. The number of carboxylic acid groups (broad SMARTS) is 1. The molecule has 30 heavy (non-hydrogen) atoms. The van der Waals surface area contributed by atoms with Crippen LogP contribution in [0.5, 0.6) is 5.75 Å². The average molecular weight is 424 g/mol. The predicted octanol–water partition coefficient (Wildman–Crippen LogP) is -0.819. The molecule has 0 radical (unpaired) electrons. The van der Waals surface area contributed by atoms with Crippen LogP contribution in [0.2, 0.25) is 0 Å². The maximum Gasteiger partial charge on any atom is 0.321 e. The minimum absolute atomic E-state index is 0.0612. The van der Waals surface area contributed by atoms with E-state index in [4.69, 9.17) is 22.3 Å². The molecule has 1 rings (SSSR count). The van der Waals surface area contributed by atoms with Crippen LogP contribution in [0.15, 0.2) is 24.3 Å². The zero-order chi connectivity index (χ0) is 23.3. The second-order valence-corrected chi connectivity index (χ2v) is 8.72. The van der Waals surface area contributed by atoms with Crippen molar-refractivity contribution in [2.24, 2.45) is 17.2 Å². The van der Waals surface area contributed by atoms with E-state index in [1.807, 2.05) is 0 Å². The van der Waals surface area contributed by atoms with Crippen molar-refractivity contribution in [2.45, 2.75) is 69.7 Å². The van der Waals surface area contributed by atoms with Crippen LogP contribution in [-0.2, 0) is 20.8 Å². The van der Waals surface area contributed by atoms with Gasteiger partial charge in [-0.2, -0.15) is 0 Å². The van der Waals surface area contributed by atoms with Crippen LogP contribution in [0.25, 0.3) is 0 Å². The lowest BCUT2D eigenvalue weighted by Gasteiger charge is -2.41. The van der Waals surface area contributed by atoms with E-state index in [9.17, 15) is 19.5 Å². The number of carboxylic acids is 1. The van der Waals surface area contributed by atoms with Gasteiger partial charge in [-0.1, -0.05) is 12.1 Å². The molecule has 10 N–H and O–H groups in total. The molecule has 0 aliphatic heterocycles. The maximum atomic E-state index is 13.0. The summed E-state index contributed by atoms with van der Waals surface area (Å²) in [6, 6.07) is 3.10. The summed E-state index contributed by atoms with van der Waals surface area (Å²) >= 11 is 0. The molecule has 0 spiro atoms. The molecule has 0 bridgehead atoms. The van der Waals surface area contributed by atoms with E-state index in [1.165, 1.54) is 12.1 Å². The number of carbonyl (C=O) groups is 3. The lowest BCUT2D eigenvalue weighted by Crippen LogP contribution is -2.68. The van der Waals surface area contributed by atoms with Gasteiger partial charge in [0.05, 0.1) is 12.5 Å². The van der Waals surface area contributed by atoms with Crippen molar-refractivity contribution in [2.75, 3.05) is 0 Å². The molecular formula is C20H33N5O5. The quantitative estimate of drug-likeness (QED) is 0.253. The fourth-order valence-corrected chi connectivity index (χ4v) is 3.19. The van der Waals surface area contributed by atoms with Gasteiger partial charge in [-0.25, -0.2) is 0 Å². The monoisotopic (exact) mass is 423 g/mol. The van der Waals surface area contributed by atoms with Gasteiger partial charge in [0.15, 0.2) is 0 Å². The molecule has 0 aliphatic rings. The summed E-state index contributed by atoms with van der Waals surface area (Å²) in [5.74, 6) is -2.47. The summed E-state index contributed by atoms with van der Waals surface area (Å²) in [7, 11) is 0. The molecule has 168 valence electrons. The Hall–Kier alpha value is -2.69. The second-order valence-electron chi connectivity index (χ2n) is 8.72. The fraction of sp³-hybridized carbons (Fsp3) is 0.550. The highest BCUT2D eigenvalue weighted by Crippen LogP contribution is 2.18. The van der Waals surface area contributed by atoms with E-state index < -0.39 is 53.4 Å². The number of amides is 2. The first-order valence-electron chi connectivity index (χ1n) is 9.55. The van der Waals surface area contributed by atoms with Crippen LogP contribution in [0, 0.1) is 0 Å². The molecule has 10 nitrogen and oxygen atoms in total. The highest BCUT2D eigenvalue weighted by atomic mass is 16.4. The van der Waals surface area contributed by atoms with E-state index in [-0.39, 0.29) is 12.2 Å². The maximum absolute atomic E-state index is 13.0. The van der Waals surface area contributed by atoms with E-state index >= 15 is 0 Å². The summed E-state index contributed by atoms with van der Waals surface area (Å²) in [4.78, 5) is 36.2. The molecule has 0 fully saturated rings. The van der Waals surface area contributed by atoms with Gasteiger partial charge < -0.3 is 38.0 Å². The molecule has 10 heteroatoms. The molecule has 1 aromatic carbocycles. The molecule has 0 aliphatic carbocycles. The van der Waals surface area contributed by atoms with Crippen molar-refractivity contribution in [3.63, 3.8) is 0 Å². The first-order valence-corrected chi connectivity index (χ1v) is 9.55. The van der Waals surface area contributed by atoms with E-state index in [2.05, 4.69) is 10.6 Å². The van der Waals surface area contributed by atoms with Crippen LogP contribution in [0.3, 0.4) is 0 Å². The Morgan fingerprint density at radius 3 is 1.93 bits per heavy atom. The number of aliphatic carboxylic acids is 1. The number of rotatable bonds is 10. The van der Waals surface area contributed by atoms with Crippen molar-refractivity contribution < 1.29 is 24.6 Å². The largest absolute Gasteiger partial charge is 0.508 e. The number of hydrogen-bond donors (Lipinski definition) is 7. The van der Waals surface area contributed by atoms with Crippen LogP contribution in [0.4, 0.5) is 0 Å². The van der Waals surface area contributed by atoms with Crippen LogP contribution in [-0.4, -0.2) is 57.2 Å². The zero-order valence-corrected chi connectivity index (χ0v) is 17.8. The number of hydrogen-bond acceptors (Lipinski definition) is 7. The van der Waals surface area contributed by atoms with Gasteiger partial charge in [-0.3, -0.25) is 14.4 Å². The number of phenols is 1. The van der Waals surface area contributed by atoms with Crippen LogP contribution < -0.4 is 27.8 Å². The normalized spacial score (nSPS) is 14.1. The number of phenolic OH excluding ortho intramolecular Hbond substituents is 1. The SMILES string of the molecule is CC(C)(N)C(NC(=O)C(Cc1ccc(O)cc1)NC(=O)CC(N)C(=O)O)C(C)(C)N. The smallest absolute Gasteiger partial charge is 0.321 e. The molecule has 0 aromatic heterocycles. The predicted molar refractivity (Wildman–Crippen MR) is 112 cm³/mol. The fourth-order valence-electron chi connectivity index (χ4n) is 3.19. The summed E-state index contributed by atoms with van der Waals surface area (Å²) in [5, 5.41) is 23.7. The van der Waals surface area contributed by atoms with Crippen LogP contribution in [0.1, 0.15) is 39.7 Å². The Morgan fingerprint density at radius 2 is 1.50 bits per heavy atom. The van der Waals surface area contributed by atoms with E-state index in [1.54, 1.807) is 39.8 Å². The van der Waals surface area contributed by atoms with Gasteiger partial charge >= 0.3 is 5.97 Å². The molecular weight excluding hydrogens is 390 g/mol. The van der Waals surface area contributed by atoms with Gasteiger partial charge in [0, 0.05) is 17.5 Å². The number of carbonyl (C=O) groups excluding carboxylic acids is 2. The molecule has 0 saturated carbocycles. The van der Waals surface area contributed by atoms with Crippen molar-refractivity contribution >= 4 is 17.8 Å². The first-order chi connectivity index (χ1) is 13.6. The Labute approximate surface area is 176 Å². The van der Waals surface area contributed by atoms with Gasteiger partial charge in [0.1, 0.15) is 17.8 Å². The second kappa shape index (κ2) is 9.88. The number of nitrogens with two attached hydrogens (primary N) is 3. The molecule has 2 amide bonds. The Bertz CT molecular complexity index is 738. The van der Waals surface area contributed by atoms with Gasteiger partial charge in [-0.05, 0) is 45.4 Å². The summed E-state index contributed by atoms with van der Waals surface area (Å²) in [6.07, 6.45) is -0.383. The third-order valence-corrected chi connectivity index (χ3v) is 4.53. The topological polar surface area (TPSA) is 194 Å². The van der Waals surface area contributed by atoms with Crippen LogP contribution >= 0.6 is 0 Å². The van der Waals surface area contributed by atoms with E-state index in [0.717, 1.165) is 0 Å². The average Bonchev–Trinajstić information content (AvgIpc) is 2.58. The molecule has 1 aromatic rings. The van der Waals surface area contributed by atoms with Gasteiger partial charge in [0.2, 0.25) is 11.8 Å². The first kappa shape index (κ1) is 25.3.